The van der Waals surface area contributed by atoms with Crippen LogP contribution in [-0.4, -0.2) is 32.7 Å². The number of amides is 1. The fourth-order valence-electron chi connectivity index (χ4n) is 4.63. The van der Waals surface area contributed by atoms with Crippen LogP contribution in [0.2, 0.25) is 5.02 Å². The largest absolute Gasteiger partial charge is 0.481 e. The maximum absolute atomic E-state index is 13.5. The van der Waals surface area contributed by atoms with Gasteiger partial charge in [-0.3, -0.25) is 14.4 Å². The smallest absolute Gasteiger partial charge is 0.303 e. The van der Waals surface area contributed by atoms with Crippen molar-refractivity contribution >= 4 is 56.0 Å². The molecular formula is C28H21BrClN3O4. The van der Waals surface area contributed by atoms with E-state index in [9.17, 15) is 14.4 Å². The van der Waals surface area contributed by atoms with E-state index in [2.05, 4.69) is 26.0 Å². The van der Waals surface area contributed by atoms with E-state index < -0.39 is 17.9 Å². The molecular weight excluding hydrogens is 558 g/mol. The lowest BCUT2D eigenvalue weighted by Gasteiger charge is -2.22. The summed E-state index contributed by atoms with van der Waals surface area (Å²) in [6.07, 6.45) is -0.218. The molecule has 0 unspecified atom stereocenters. The van der Waals surface area contributed by atoms with Gasteiger partial charge in [-0.2, -0.15) is 5.10 Å². The van der Waals surface area contributed by atoms with Crippen LogP contribution in [0.25, 0.3) is 22.0 Å². The third-order valence-corrected chi connectivity index (χ3v) is 7.04. The molecule has 9 heteroatoms. The van der Waals surface area contributed by atoms with E-state index in [0.29, 0.717) is 27.4 Å². The van der Waals surface area contributed by atoms with Crippen molar-refractivity contribution in [2.75, 3.05) is 0 Å². The molecule has 0 saturated carbocycles. The van der Waals surface area contributed by atoms with Crippen molar-refractivity contribution in [3.63, 3.8) is 0 Å². The summed E-state index contributed by atoms with van der Waals surface area (Å²) in [6, 6.07) is 21.8. The number of carbonyl (C=O) groups excluding carboxylic acids is 1. The van der Waals surface area contributed by atoms with Gasteiger partial charge in [-0.25, -0.2) is 5.01 Å². The number of hydrogen-bond donors (Lipinski definition) is 2. The number of hydrazone groups is 1. The predicted molar refractivity (Wildman–Crippen MR) is 147 cm³/mol. The molecule has 37 heavy (non-hydrogen) atoms. The molecule has 1 amide bonds. The summed E-state index contributed by atoms with van der Waals surface area (Å²) in [4.78, 5) is 40.7. The topological polar surface area (TPSA) is 103 Å². The third kappa shape index (κ3) is 5.08. The molecule has 4 aromatic rings. The number of nitrogens with one attached hydrogen (secondary N) is 1. The Balaban J connectivity index is 1.69. The number of benzene rings is 3. The number of rotatable bonds is 6. The Morgan fingerprint density at radius 1 is 1.03 bits per heavy atom. The highest BCUT2D eigenvalue weighted by atomic mass is 79.9. The summed E-state index contributed by atoms with van der Waals surface area (Å²) in [5.41, 5.74) is 3.48. The van der Waals surface area contributed by atoms with Crippen LogP contribution in [0, 0.1) is 0 Å². The minimum absolute atomic E-state index is 0.200. The first-order chi connectivity index (χ1) is 17.8. The molecule has 1 aromatic heterocycles. The number of para-hydroxylation sites is 1. The van der Waals surface area contributed by atoms with Crippen LogP contribution >= 0.6 is 27.5 Å². The second kappa shape index (κ2) is 10.3. The zero-order valence-electron chi connectivity index (χ0n) is 19.4. The Morgan fingerprint density at radius 3 is 2.51 bits per heavy atom. The Bertz CT molecular complexity index is 1610. The van der Waals surface area contributed by atoms with Gasteiger partial charge in [0, 0.05) is 38.8 Å². The molecule has 7 nitrogen and oxygen atoms in total. The zero-order valence-corrected chi connectivity index (χ0v) is 21.8. The first-order valence-corrected chi connectivity index (χ1v) is 12.8. The number of aromatic nitrogens is 1. The lowest BCUT2D eigenvalue weighted by molar-refractivity contribution is -0.141. The van der Waals surface area contributed by atoms with Crippen molar-refractivity contribution in [2.45, 2.75) is 25.3 Å². The van der Waals surface area contributed by atoms with Crippen LogP contribution < -0.4 is 5.56 Å². The van der Waals surface area contributed by atoms with Crippen molar-refractivity contribution in [3.8, 4) is 11.1 Å². The summed E-state index contributed by atoms with van der Waals surface area (Å²) in [5.74, 6) is -1.49. The highest BCUT2D eigenvalue weighted by Gasteiger charge is 2.35. The molecule has 0 fully saturated rings. The molecule has 2 heterocycles. The molecule has 0 aliphatic carbocycles. The summed E-state index contributed by atoms with van der Waals surface area (Å²) < 4.78 is 0.835. The number of carboxylic acid groups (broad SMARTS) is 1. The Morgan fingerprint density at radius 2 is 1.78 bits per heavy atom. The number of aliphatic carboxylic acids is 1. The molecule has 186 valence electrons. The third-order valence-electron chi connectivity index (χ3n) is 6.30. The first kappa shape index (κ1) is 24.9. The van der Waals surface area contributed by atoms with Gasteiger partial charge in [0.25, 0.3) is 5.56 Å². The Hall–Kier alpha value is -3.75. The molecule has 3 aromatic carbocycles. The maximum atomic E-state index is 13.5. The summed E-state index contributed by atoms with van der Waals surface area (Å²) >= 11 is 9.62. The second-order valence-electron chi connectivity index (χ2n) is 8.71. The number of halogens is 2. The van der Waals surface area contributed by atoms with Crippen LogP contribution in [0.3, 0.4) is 0 Å². The average molecular weight is 579 g/mol. The fourth-order valence-corrected chi connectivity index (χ4v) is 5.17. The van der Waals surface area contributed by atoms with Gasteiger partial charge in [0.05, 0.1) is 23.7 Å². The Labute approximate surface area is 225 Å². The van der Waals surface area contributed by atoms with E-state index in [1.165, 1.54) is 5.01 Å². The molecule has 1 atom stereocenters. The fraction of sp³-hybridized carbons (Fsp3) is 0.143. The van der Waals surface area contributed by atoms with Crippen LogP contribution in [0.1, 0.15) is 36.4 Å². The lowest BCUT2D eigenvalue weighted by Crippen LogP contribution is -2.27. The van der Waals surface area contributed by atoms with Gasteiger partial charge in [-0.1, -0.05) is 70.0 Å². The Kier molecular flexibility index (Phi) is 6.95. The minimum atomic E-state index is -1.06. The monoisotopic (exact) mass is 577 g/mol. The van der Waals surface area contributed by atoms with Crippen molar-refractivity contribution in [3.05, 3.63) is 104 Å². The minimum Gasteiger partial charge on any atom is -0.481 e. The van der Waals surface area contributed by atoms with Crippen LogP contribution in [0.5, 0.6) is 0 Å². The van der Waals surface area contributed by atoms with Crippen LogP contribution in [-0.2, 0) is 9.59 Å². The molecule has 0 bridgehead atoms. The van der Waals surface area contributed by atoms with Crippen molar-refractivity contribution < 1.29 is 14.7 Å². The van der Waals surface area contributed by atoms with Crippen LogP contribution in [0.15, 0.2) is 87.2 Å². The molecule has 1 aliphatic rings. The molecule has 1 aliphatic heterocycles. The quantitative estimate of drug-likeness (QED) is 0.286. The molecule has 0 spiro atoms. The van der Waals surface area contributed by atoms with Gasteiger partial charge in [0.15, 0.2) is 0 Å². The summed E-state index contributed by atoms with van der Waals surface area (Å²) in [5, 5.41) is 16.5. The van der Waals surface area contributed by atoms with E-state index in [-0.39, 0.29) is 24.8 Å². The number of carboxylic acids is 1. The van der Waals surface area contributed by atoms with Gasteiger partial charge >= 0.3 is 5.97 Å². The first-order valence-electron chi connectivity index (χ1n) is 11.6. The molecule has 0 radical (unpaired) electrons. The van der Waals surface area contributed by atoms with Gasteiger partial charge in [-0.05, 0) is 41.5 Å². The van der Waals surface area contributed by atoms with Gasteiger partial charge < -0.3 is 10.1 Å². The zero-order chi connectivity index (χ0) is 26.1. The lowest BCUT2D eigenvalue weighted by atomic mass is 9.91. The SMILES string of the molecule is O=C(O)CCC(=O)N1N=C(c2c(-c3ccc(Cl)cc3)c3ccccc3[nH]c2=O)C[C@H]1c1cccc(Br)c1. The van der Waals surface area contributed by atoms with E-state index in [4.69, 9.17) is 16.7 Å². The van der Waals surface area contributed by atoms with Crippen LogP contribution in [0.4, 0.5) is 0 Å². The van der Waals surface area contributed by atoms with Gasteiger partial charge in [0.1, 0.15) is 0 Å². The number of fused-ring (bicyclic) bond motifs is 1. The van der Waals surface area contributed by atoms with Gasteiger partial charge in [0.2, 0.25) is 5.91 Å². The molecule has 2 N–H and O–H groups in total. The van der Waals surface area contributed by atoms with E-state index in [1.54, 1.807) is 12.1 Å². The second-order valence-corrected chi connectivity index (χ2v) is 10.1. The van der Waals surface area contributed by atoms with Crippen molar-refractivity contribution in [2.24, 2.45) is 5.10 Å². The van der Waals surface area contributed by atoms with E-state index in [1.807, 2.05) is 60.7 Å². The standard InChI is InChI=1S/C28H21BrClN3O4/c29-18-5-3-4-17(14-18)23-15-22(32-33(23)24(34)12-13-25(35)36)27-26(16-8-10-19(30)11-9-16)20-6-1-2-7-21(20)31-28(27)37/h1-11,14,23H,12-13,15H2,(H,31,37)(H,35,36)/t23-/m0/s1. The maximum Gasteiger partial charge on any atom is 0.303 e. The predicted octanol–water partition coefficient (Wildman–Crippen LogP) is 6.15. The normalized spacial score (nSPS) is 15.1. The highest BCUT2D eigenvalue weighted by Crippen LogP contribution is 2.38. The molecule has 0 saturated heterocycles. The number of carbonyl (C=O) groups is 2. The average Bonchev–Trinajstić information content (AvgIpc) is 3.32. The highest BCUT2D eigenvalue weighted by molar-refractivity contribution is 9.10. The molecule has 5 rings (SSSR count). The number of nitrogens with zero attached hydrogens (tertiary/aromatic N) is 2. The van der Waals surface area contributed by atoms with E-state index >= 15 is 0 Å². The number of H-pyrrole nitrogens is 1. The number of hydrogen-bond acceptors (Lipinski definition) is 4. The van der Waals surface area contributed by atoms with Crippen molar-refractivity contribution in [1.82, 2.24) is 9.99 Å². The summed E-state index contributed by atoms with van der Waals surface area (Å²) in [6.45, 7) is 0. The number of pyridine rings is 1. The van der Waals surface area contributed by atoms with Gasteiger partial charge in [-0.15, -0.1) is 0 Å². The van der Waals surface area contributed by atoms with Crippen molar-refractivity contribution in [1.29, 1.82) is 0 Å². The van der Waals surface area contributed by atoms with E-state index in [0.717, 1.165) is 21.0 Å². The number of aromatic amines is 1. The summed E-state index contributed by atoms with van der Waals surface area (Å²) in [7, 11) is 0.